The van der Waals surface area contributed by atoms with Crippen LogP contribution in [0, 0.1) is 12.8 Å². The van der Waals surface area contributed by atoms with Gasteiger partial charge >= 0.3 is 0 Å². The lowest BCUT2D eigenvalue weighted by Gasteiger charge is -2.20. The van der Waals surface area contributed by atoms with E-state index in [1.54, 1.807) is 12.4 Å². The lowest BCUT2D eigenvalue weighted by atomic mass is 9.93. The largest absolute Gasteiger partial charge is 0.339 e. The third-order valence-electron chi connectivity index (χ3n) is 5.33. The lowest BCUT2D eigenvalue weighted by Crippen LogP contribution is -2.32. The summed E-state index contributed by atoms with van der Waals surface area (Å²) in [5.74, 6) is 1.31. The second-order valence-corrected chi connectivity index (χ2v) is 7.35. The first-order chi connectivity index (χ1) is 13.2. The molecular formula is C22H24N4O. The Balaban J connectivity index is 1.40. The van der Waals surface area contributed by atoms with Gasteiger partial charge in [0.15, 0.2) is 0 Å². The summed E-state index contributed by atoms with van der Waals surface area (Å²) in [4.78, 5) is 27.5. The fraction of sp³-hybridized carbons (Fsp3) is 0.364. The summed E-state index contributed by atoms with van der Waals surface area (Å²) in [6.07, 6.45) is 9.48. The fourth-order valence-corrected chi connectivity index (χ4v) is 3.82. The predicted molar refractivity (Wildman–Crippen MR) is 105 cm³/mol. The number of aryl methyl sites for hydroxylation is 1. The van der Waals surface area contributed by atoms with Crippen LogP contribution in [-0.2, 0) is 6.42 Å². The molecule has 1 fully saturated rings. The Bertz CT molecular complexity index is 938. The Kier molecular flexibility index (Phi) is 5.10. The quantitative estimate of drug-likeness (QED) is 0.712. The van der Waals surface area contributed by atoms with Crippen LogP contribution in [0.5, 0.6) is 0 Å². The molecule has 0 unspecified atom stereocenters. The number of fused-ring (bicyclic) bond motifs is 1. The standard InChI is InChI=1S/C22H24N4O/c1-16-23-14-20(15-24-16)22(27)26-9-4-5-17(8-10-26)11-18-12-19-6-2-3-7-21(19)25-13-18/h2-3,6-7,12-15,17H,4-5,8-11H2,1H3/t17-/m1/s1. The molecule has 3 aromatic rings. The number of aromatic nitrogens is 3. The Labute approximate surface area is 159 Å². The van der Waals surface area contributed by atoms with Crippen LogP contribution in [0.15, 0.2) is 48.9 Å². The summed E-state index contributed by atoms with van der Waals surface area (Å²) in [6.45, 7) is 3.42. The third-order valence-corrected chi connectivity index (χ3v) is 5.33. The molecule has 2 aromatic heterocycles. The molecule has 0 radical (unpaired) electrons. The van der Waals surface area contributed by atoms with E-state index in [1.165, 1.54) is 10.9 Å². The third kappa shape index (κ3) is 4.13. The van der Waals surface area contributed by atoms with Crippen molar-refractivity contribution in [1.29, 1.82) is 0 Å². The van der Waals surface area contributed by atoms with E-state index in [2.05, 4.69) is 33.2 Å². The summed E-state index contributed by atoms with van der Waals surface area (Å²) in [7, 11) is 0. The first-order valence-corrected chi connectivity index (χ1v) is 9.60. The van der Waals surface area contributed by atoms with Crippen LogP contribution in [0.3, 0.4) is 0 Å². The molecule has 1 amide bonds. The number of rotatable bonds is 3. The van der Waals surface area contributed by atoms with E-state index < -0.39 is 0 Å². The van der Waals surface area contributed by atoms with Crippen molar-refractivity contribution in [3.63, 3.8) is 0 Å². The number of carbonyl (C=O) groups excluding carboxylic acids is 1. The predicted octanol–water partition coefficient (Wildman–Crippen LogP) is 3.82. The van der Waals surface area contributed by atoms with Gasteiger partial charge < -0.3 is 4.90 Å². The highest BCUT2D eigenvalue weighted by Crippen LogP contribution is 2.24. The number of likely N-dealkylation sites (tertiary alicyclic amines) is 1. The molecule has 1 aliphatic rings. The van der Waals surface area contributed by atoms with Crippen LogP contribution in [-0.4, -0.2) is 38.8 Å². The molecule has 1 aliphatic heterocycles. The summed E-state index contributed by atoms with van der Waals surface area (Å²) >= 11 is 0. The molecule has 3 heterocycles. The lowest BCUT2D eigenvalue weighted by molar-refractivity contribution is 0.0759. The molecule has 0 spiro atoms. The van der Waals surface area contributed by atoms with Gasteiger partial charge in [0.2, 0.25) is 0 Å². The molecule has 27 heavy (non-hydrogen) atoms. The number of carbonyl (C=O) groups is 1. The van der Waals surface area contributed by atoms with Crippen LogP contribution in [0.1, 0.15) is 41.0 Å². The molecule has 0 bridgehead atoms. The molecule has 5 heteroatoms. The van der Waals surface area contributed by atoms with Crippen molar-refractivity contribution in [1.82, 2.24) is 19.9 Å². The van der Waals surface area contributed by atoms with Gasteiger partial charge in [0.25, 0.3) is 5.91 Å². The number of amides is 1. The number of para-hydroxylation sites is 1. The SMILES string of the molecule is Cc1ncc(C(=O)N2CCC[C@@H](Cc3cnc4ccccc4c3)CC2)cn1. The van der Waals surface area contributed by atoms with Gasteiger partial charge in [-0.15, -0.1) is 0 Å². The van der Waals surface area contributed by atoms with Crippen molar-refractivity contribution in [3.8, 4) is 0 Å². The molecule has 1 aromatic carbocycles. The first-order valence-electron chi connectivity index (χ1n) is 9.60. The summed E-state index contributed by atoms with van der Waals surface area (Å²) < 4.78 is 0. The highest BCUT2D eigenvalue weighted by atomic mass is 16.2. The molecule has 0 N–H and O–H groups in total. The molecule has 138 valence electrons. The zero-order chi connectivity index (χ0) is 18.6. The number of pyridine rings is 1. The van der Waals surface area contributed by atoms with Crippen molar-refractivity contribution >= 4 is 16.8 Å². The minimum atomic E-state index is 0.0445. The van der Waals surface area contributed by atoms with E-state index in [9.17, 15) is 4.79 Å². The Morgan fingerprint density at radius 1 is 1.07 bits per heavy atom. The number of nitrogens with zero attached hydrogens (tertiary/aromatic N) is 4. The highest BCUT2D eigenvalue weighted by Gasteiger charge is 2.22. The van der Waals surface area contributed by atoms with E-state index >= 15 is 0 Å². The molecule has 1 saturated heterocycles. The highest BCUT2D eigenvalue weighted by molar-refractivity contribution is 5.93. The van der Waals surface area contributed by atoms with Gasteiger partial charge in [-0.25, -0.2) is 9.97 Å². The van der Waals surface area contributed by atoms with E-state index in [0.717, 1.165) is 44.3 Å². The van der Waals surface area contributed by atoms with Crippen LogP contribution in [0.25, 0.3) is 10.9 Å². The van der Waals surface area contributed by atoms with Gasteiger partial charge in [0.05, 0.1) is 11.1 Å². The molecule has 1 atom stereocenters. The first kappa shape index (κ1) is 17.6. The second-order valence-electron chi connectivity index (χ2n) is 7.35. The summed E-state index contributed by atoms with van der Waals surface area (Å²) in [5.41, 5.74) is 2.90. The fourth-order valence-electron chi connectivity index (χ4n) is 3.82. The van der Waals surface area contributed by atoms with Crippen LogP contribution < -0.4 is 0 Å². The van der Waals surface area contributed by atoms with E-state index in [-0.39, 0.29) is 5.91 Å². The van der Waals surface area contributed by atoms with Crippen molar-refractivity contribution in [2.45, 2.75) is 32.6 Å². The maximum absolute atomic E-state index is 12.7. The van der Waals surface area contributed by atoms with Crippen molar-refractivity contribution in [2.75, 3.05) is 13.1 Å². The summed E-state index contributed by atoms with van der Waals surface area (Å²) in [6, 6.07) is 10.5. The average Bonchev–Trinajstić information content (AvgIpc) is 2.93. The van der Waals surface area contributed by atoms with Gasteiger partial charge in [-0.2, -0.15) is 0 Å². The van der Waals surface area contributed by atoms with Crippen molar-refractivity contribution < 1.29 is 4.79 Å². The van der Waals surface area contributed by atoms with Crippen molar-refractivity contribution in [2.24, 2.45) is 5.92 Å². The zero-order valence-electron chi connectivity index (χ0n) is 15.6. The molecule has 0 saturated carbocycles. The van der Waals surface area contributed by atoms with Gasteiger partial charge in [-0.05, 0) is 56.2 Å². The van der Waals surface area contributed by atoms with Gasteiger partial charge in [0, 0.05) is 37.1 Å². The Hall–Kier alpha value is -2.82. The Morgan fingerprint density at radius 2 is 1.89 bits per heavy atom. The average molecular weight is 360 g/mol. The van der Waals surface area contributed by atoms with Crippen LogP contribution in [0.2, 0.25) is 0 Å². The normalized spacial score (nSPS) is 17.7. The topological polar surface area (TPSA) is 59.0 Å². The maximum atomic E-state index is 12.7. The number of hydrogen-bond donors (Lipinski definition) is 0. The monoisotopic (exact) mass is 360 g/mol. The zero-order valence-corrected chi connectivity index (χ0v) is 15.6. The number of hydrogen-bond acceptors (Lipinski definition) is 4. The summed E-state index contributed by atoms with van der Waals surface area (Å²) in [5, 5.41) is 1.19. The van der Waals surface area contributed by atoms with E-state index in [1.807, 2.05) is 30.2 Å². The van der Waals surface area contributed by atoms with E-state index in [4.69, 9.17) is 0 Å². The molecular weight excluding hydrogens is 336 g/mol. The maximum Gasteiger partial charge on any atom is 0.256 e. The minimum Gasteiger partial charge on any atom is -0.339 e. The molecule has 4 rings (SSSR count). The Morgan fingerprint density at radius 3 is 2.74 bits per heavy atom. The molecule has 0 aliphatic carbocycles. The van der Waals surface area contributed by atoms with E-state index in [0.29, 0.717) is 17.3 Å². The van der Waals surface area contributed by atoms with Gasteiger partial charge in [0.1, 0.15) is 5.82 Å². The van der Waals surface area contributed by atoms with Crippen molar-refractivity contribution in [3.05, 3.63) is 65.9 Å². The van der Waals surface area contributed by atoms with Crippen LogP contribution in [0.4, 0.5) is 0 Å². The molecule has 5 nitrogen and oxygen atoms in total. The smallest absolute Gasteiger partial charge is 0.256 e. The van der Waals surface area contributed by atoms with Crippen LogP contribution >= 0.6 is 0 Å². The van der Waals surface area contributed by atoms with Gasteiger partial charge in [-0.3, -0.25) is 9.78 Å². The minimum absolute atomic E-state index is 0.0445. The number of benzene rings is 1. The van der Waals surface area contributed by atoms with Gasteiger partial charge in [-0.1, -0.05) is 18.2 Å². The second kappa shape index (κ2) is 7.82.